The van der Waals surface area contributed by atoms with Crippen molar-refractivity contribution in [2.24, 2.45) is 10.2 Å². The second kappa shape index (κ2) is 5.24. The van der Waals surface area contributed by atoms with E-state index in [4.69, 9.17) is 0 Å². The van der Waals surface area contributed by atoms with Crippen molar-refractivity contribution >= 4 is 34.1 Å². The lowest BCUT2D eigenvalue weighted by Crippen LogP contribution is -1.72. The van der Waals surface area contributed by atoms with Crippen molar-refractivity contribution in [3.8, 4) is 5.75 Å². The van der Waals surface area contributed by atoms with Gasteiger partial charge in [0.1, 0.15) is 5.75 Å². The van der Waals surface area contributed by atoms with Crippen LogP contribution in [0.3, 0.4) is 0 Å². The Morgan fingerprint density at radius 3 is 2.82 bits per heavy atom. The van der Waals surface area contributed by atoms with Crippen LogP contribution in [-0.4, -0.2) is 20.7 Å². The van der Waals surface area contributed by atoms with Gasteiger partial charge in [-0.1, -0.05) is 11.8 Å². The molecule has 5 nitrogen and oxygen atoms in total. The van der Waals surface area contributed by atoms with Gasteiger partial charge in [0.2, 0.25) is 10.3 Å². The third kappa shape index (κ3) is 3.01. The van der Waals surface area contributed by atoms with Gasteiger partial charge in [0.15, 0.2) is 0 Å². The molecular weight excluding hydrogens is 256 g/mol. The molecule has 0 unspecified atom stereocenters. The maximum Gasteiger partial charge on any atom is 0.250 e. The standard InChI is InChI=1S/C10H10N4OS2/c1-6-5-7(3-4-8(6)15)12-13-9-11-10(16-2)14-17-9/h3-5,15H,1-2H3/b13-12+. The van der Waals surface area contributed by atoms with E-state index in [0.29, 0.717) is 16.0 Å². The summed E-state index contributed by atoms with van der Waals surface area (Å²) in [6.07, 6.45) is 1.91. The number of aryl methyl sites for hydroxylation is 1. The highest BCUT2D eigenvalue weighted by Crippen LogP contribution is 2.25. The van der Waals surface area contributed by atoms with Crippen LogP contribution < -0.4 is 0 Å². The van der Waals surface area contributed by atoms with Gasteiger partial charge in [0.25, 0.3) is 0 Å². The van der Waals surface area contributed by atoms with Crippen molar-refractivity contribution in [2.75, 3.05) is 6.26 Å². The minimum absolute atomic E-state index is 0.254. The van der Waals surface area contributed by atoms with Gasteiger partial charge in [-0.2, -0.15) is 9.36 Å². The van der Waals surface area contributed by atoms with Crippen molar-refractivity contribution in [3.63, 3.8) is 0 Å². The van der Waals surface area contributed by atoms with Gasteiger partial charge < -0.3 is 5.11 Å². The number of phenols is 1. The molecule has 0 fully saturated rings. The molecule has 0 saturated heterocycles. The summed E-state index contributed by atoms with van der Waals surface area (Å²) in [5.41, 5.74) is 1.45. The van der Waals surface area contributed by atoms with Gasteiger partial charge in [0.05, 0.1) is 5.69 Å². The molecule has 0 bridgehead atoms. The van der Waals surface area contributed by atoms with E-state index in [1.165, 1.54) is 23.3 Å². The number of azo groups is 1. The summed E-state index contributed by atoms with van der Waals surface area (Å²) in [5.74, 6) is 0.254. The second-order valence-electron chi connectivity index (χ2n) is 3.23. The van der Waals surface area contributed by atoms with E-state index in [1.807, 2.05) is 13.2 Å². The fourth-order valence-electron chi connectivity index (χ4n) is 1.13. The summed E-state index contributed by atoms with van der Waals surface area (Å²) >= 11 is 2.68. The first-order valence-corrected chi connectivity index (χ1v) is 6.78. The van der Waals surface area contributed by atoms with Crippen LogP contribution in [0.4, 0.5) is 10.8 Å². The van der Waals surface area contributed by atoms with E-state index in [-0.39, 0.29) is 5.75 Å². The maximum absolute atomic E-state index is 9.37. The molecular formula is C10H10N4OS2. The molecule has 2 rings (SSSR count). The average molecular weight is 266 g/mol. The van der Waals surface area contributed by atoms with Gasteiger partial charge in [-0.25, -0.2) is 0 Å². The molecule has 0 spiro atoms. The van der Waals surface area contributed by atoms with Crippen LogP contribution in [0.2, 0.25) is 0 Å². The Morgan fingerprint density at radius 1 is 1.35 bits per heavy atom. The number of thioether (sulfide) groups is 1. The number of nitrogens with zero attached hydrogens (tertiary/aromatic N) is 4. The molecule has 0 aliphatic rings. The number of rotatable bonds is 3. The third-order valence-corrected chi connectivity index (χ3v) is 3.27. The zero-order valence-corrected chi connectivity index (χ0v) is 10.9. The van der Waals surface area contributed by atoms with E-state index in [2.05, 4.69) is 19.6 Å². The van der Waals surface area contributed by atoms with Crippen molar-refractivity contribution in [1.82, 2.24) is 9.36 Å². The smallest absolute Gasteiger partial charge is 0.250 e. The summed E-state index contributed by atoms with van der Waals surface area (Å²) in [6.45, 7) is 1.81. The topological polar surface area (TPSA) is 70.7 Å². The zero-order chi connectivity index (χ0) is 12.3. The largest absolute Gasteiger partial charge is 0.508 e. The number of phenolic OH excluding ortho intramolecular Hbond substituents is 1. The van der Waals surface area contributed by atoms with E-state index in [9.17, 15) is 5.11 Å². The van der Waals surface area contributed by atoms with Crippen molar-refractivity contribution in [1.29, 1.82) is 0 Å². The molecule has 0 atom stereocenters. The molecule has 17 heavy (non-hydrogen) atoms. The molecule has 7 heteroatoms. The number of aromatic nitrogens is 2. The lowest BCUT2D eigenvalue weighted by Gasteiger charge is -1.97. The number of hydrogen-bond donors (Lipinski definition) is 1. The van der Waals surface area contributed by atoms with E-state index in [1.54, 1.807) is 18.2 Å². The van der Waals surface area contributed by atoms with Crippen LogP contribution in [0.1, 0.15) is 5.56 Å². The fourth-order valence-corrected chi connectivity index (χ4v) is 2.18. The van der Waals surface area contributed by atoms with Gasteiger partial charge in [-0.3, -0.25) is 0 Å². The third-order valence-electron chi connectivity index (χ3n) is 2.01. The first-order chi connectivity index (χ1) is 8.19. The van der Waals surface area contributed by atoms with Crippen LogP contribution in [0.5, 0.6) is 5.75 Å². The Balaban J connectivity index is 2.16. The Kier molecular flexibility index (Phi) is 3.70. The molecule has 1 aromatic carbocycles. The molecule has 1 heterocycles. The minimum atomic E-state index is 0.254. The van der Waals surface area contributed by atoms with Crippen LogP contribution in [0.25, 0.3) is 0 Å². The predicted octanol–water partition coefficient (Wildman–Crippen LogP) is 3.69. The first kappa shape index (κ1) is 12.0. The Bertz CT molecular complexity index is 553. The summed E-state index contributed by atoms with van der Waals surface area (Å²) in [5, 5.41) is 18.6. The molecule has 2 aromatic rings. The molecule has 1 N–H and O–H groups in total. The summed E-state index contributed by atoms with van der Waals surface area (Å²) < 4.78 is 4.08. The van der Waals surface area contributed by atoms with Crippen LogP contribution in [-0.2, 0) is 0 Å². The molecule has 0 aliphatic carbocycles. The van der Waals surface area contributed by atoms with Crippen LogP contribution >= 0.6 is 23.3 Å². The van der Waals surface area contributed by atoms with Crippen LogP contribution in [0, 0.1) is 6.92 Å². The number of benzene rings is 1. The Morgan fingerprint density at radius 2 is 2.18 bits per heavy atom. The lowest BCUT2D eigenvalue weighted by atomic mass is 10.2. The summed E-state index contributed by atoms with van der Waals surface area (Å²) in [6, 6.07) is 5.05. The van der Waals surface area contributed by atoms with E-state index < -0.39 is 0 Å². The van der Waals surface area contributed by atoms with Crippen molar-refractivity contribution in [2.45, 2.75) is 12.1 Å². The quantitative estimate of drug-likeness (QED) is 0.679. The highest BCUT2D eigenvalue weighted by atomic mass is 32.2. The van der Waals surface area contributed by atoms with E-state index >= 15 is 0 Å². The Labute approximate surface area is 107 Å². The number of hydrogen-bond acceptors (Lipinski definition) is 7. The zero-order valence-electron chi connectivity index (χ0n) is 9.28. The second-order valence-corrected chi connectivity index (χ2v) is 4.74. The van der Waals surface area contributed by atoms with E-state index in [0.717, 1.165) is 5.56 Å². The van der Waals surface area contributed by atoms with Crippen molar-refractivity contribution < 1.29 is 5.11 Å². The molecule has 0 radical (unpaired) electrons. The SMILES string of the molecule is CSc1nsc(/N=N/c2ccc(O)c(C)c2)n1. The molecule has 0 amide bonds. The summed E-state index contributed by atoms with van der Waals surface area (Å²) in [7, 11) is 0. The van der Waals surface area contributed by atoms with Gasteiger partial charge in [0, 0.05) is 11.5 Å². The minimum Gasteiger partial charge on any atom is -0.508 e. The lowest BCUT2D eigenvalue weighted by molar-refractivity contribution is 0.471. The molecule has 0 saturated carbocycles. The van der Waals surface area contributed by atoms with Crippen molar-refractivity contribution in [3.05, 3.63) is 23.8 Å². The average Bonchev–Trinajstić information content (AvgIpc) is 2.79. The highest BCUT2D eigenvalue weighted by Gasteiger charge is 2.01. The van der Waals surface area contributed by atoms with Gasteiger partial charge in [-0.15, -0.1) is 10.2 Å². The highest BCUT2D eigenvalue weighted by molar-refractivity contribution is 7.98. The summed E-state index contributed by atoms with van der Waals surface area (Å²) in [4.78, 5) is 4.14. The predicted molar refractivity (Wildman–Crippen MR) is 68.7 cm³/mol. The molecule has 88 valence electrons. The fraction of sp³-hybridized carbons (Fsp3) is 0.200. The van der Waals surface area contributed by atoms with Gasteiger partial charge in [-0.05, 0) is 36.9 Å². The first-order valence-electron chi connectivity index (χ1n) is 4.78. The maximum atomic E-state index is 9.37. The molecule has 1 aromatic heterocycles. The number of aromatic hydroxyl groups is 1. The van der Waals surface area contributed by atoms with Gasteiger partial charge >= 0.3 is 0 Å². The Hall–Kier alpha value is -1.47. The normalized spacial score (nSPS) is 11.2. The monoisotopic (exact) mass is 266 g/mol. The molecule has 0 aliphatic heterocycles. The van der Waals surface area contributed by atoms with Crippen LogP contribution in [0.15, 0.2) is 33.6 Å².